The minimum Gasteiger partial charge on any atom is -0.457 e. The molecule has 2 heterocycles. The number of fused-ring (bicyclic) bond motifs is 15. The molecule has 0 fully saturated rings. The second kappa shape index (κ2) is 10.9. The monoisotopic (exact) mass is 705 g/mol. The van der Waals surface area contributed by atoms with Gasteiger partial charge in [0.1, 0.15) is 22.7 Å². The summed E-state index contributed by atoms with van der Waals surface area (Å²) in [5.74, 6) is 1.77. The summed E-state index contributed by atoms with van der Waals surface area (Å²) in [6.07, 6.45) is 0. The van der Waals surface area contributed by atoms with Gasteiger partial charge in [-0.3, -0.25) is 0 Å². The highest BCUT2D eigenvalue weighted by Gasteiger charge is 2.51. The molecule has 1 aliphatic heterocycles. The third-order valence-electron chi connectivity index (χ3n) is 12.5. The molecule has 12 rings (SSSR count). The molecule has 8 aromatic carbocycles. The number of furan rings is 1. The fourth-order valence-electron chi connectivity index (χ4n) is 10.2. The van der Waals surface area contributed by atoms with Crippen LogP contribution in [0.25, 0.3) is 44.2 Å². The van der Waals surface area contributed by atoms with E-state index < -0.39 is 5.41 Å². The zero-order valence-electron chi connectivity index (χ0n) is 30.5. The summed E-state index contributed by atoms with van der Waals surface area (Å²) in [4.78, 5) is 2.41. The van der Waals surface area contributed by atoms with Crippen LogP contribution in [-0.2, 0) is 10.8 Å². The van der Waals surface area contributed by atoms with Gasteiger partial charge in [-0.05, 0) is 105 Å². The maximum Gasteiger partial charge on any atom is 0.137 e. The van der Waals surface area contributed by atoms with Crippen LogP contribution in [-0.4, -0.2) is 0 Å². The largest absolute Gasteiger partial charge is 0.457 e. The Morgan fingerprint density at radius 2 is 1.04 bits per heavy atom. The van der Waals surface area contributed by atoms with Gasteiger partial charge in [0.25, 0.3) is 0 Å². The summed E-state index contributed by atoms with van der Waals surface area (Å²) in [5.41, 5.74) is 16.9. The van der Waals surface area contributed by atoms with Crippen molar-refractivity contribution in [2.45, 2.75) is 24.7 Å². The fourth-order valence-corrected chi connectivity index (χ4v) is 10.2. The van der Waals surface area contributed by atoms with E-state index in [4.69, 9.17) is 9.15 Å². The van der Waals surface area contributed by atoms with Crippen molar-refractivity contribution in [2.24, 2.45) is 0 Å². The predicted octanol–water partition coefficient (Wildman–Crippen LogP) is 13.8. The van der Waals surface area contributed by atoms with Crippen molar-refractivity contribution < 1.29 is 9.15 Å². The Morgan fingerprint density at radius 1 is 0.418 bits per heavy atom. The number of para-hydroxylation sites is 3. The van der Waals surface area contributed by atoms with Crippen molar-refractivity contribution in [3.05, 3.63) is 209 Å². The third-order valence-corrected chi connectivity index (χ3v) is 12.5. The molecule has 0 unspecified atom stereocenters. The minimum atomic E-state index is -0.557. The molecule has 0 bridgehead atoms. The van der Waals surface area contributed by atoms with Crippen LogP contribution >= 0.6 is 0 Å². The number of hydrogen-bond donors (Lipinski definition) is 0. The van der Waals surface area contributed by atoms with Gasteiger partial charge in [-0.15, -0.1) is 0 Å². The molecule has 3 nitrogen and oxygen atoms in total. The van der Waals surface area contributed by atoms with E-state index >= 15 is 0 Å². The molecule has 0 amide bonds. The van der Waals surface area contributed by atoms with E-state index in [1.165, 1.54) is 44.5 Å². The standard InChI is InChI=1S/C52H35NO2/c1-51(2)39-19-8-6-17-34(39)36-28-27-33(29-43(36)51)53(32-15-4-3-5-16-32)45-23-14-26-48-50(45)38-30-37-35-18-7-9-20-40(35)52(44(37)31-49(38)55-48)41-21-10-12-24-46(41)54-47-25-13-11-22-42(47)52/h3-31H,1-2H3. The number of anilines is 3. The fraction of sp³-hybridized carbons (Fsp3) is 0.0769. The van der Waals surface area contributed by atoms with E-state index in [9.17, 15) is 0 Å². The highest BCUT2D eigenvalue weighted by molar-refractivity contribution is 6.15. The number of hydrogen-bond acceptors (Lipinski definition) is 3. The average molecular weight is 706 g/mol. The molecule has 2 aliphatic carbocycles. The first-order valence-electron chi connectivity index (χ1n) is 19.1. The van der Waals surface area contributed by atoms with Gasteiger partial charge in [-0.2, -0.15) is 0 Å². The molecule has 0 saturated carbocycles. The zero-order chi connectivity index (χ0) is 36.5. The number of rotatable bonds is 3. The molecule has 1 spiro atoms. The van der Waals surface area contributed by atoms with Crippen LogP contribution in [0, 0.1) is 0 Å². The van der Waals surface area contributed by atoms with Crippen LogP contribution in [0.15, 0.2) is 180 Å². The van der Waals surface area contributed by atoms with E-state index in [0.717, 1.165) is 61.6 Å². The van der Waals surface area contributed by atoms with E-state index in [2.05, 4.69) is 195 Å². The first kappa shape index (κ1) is 30.6. The topological polar surface area (TPSA) is 25.6 Å². The Hall–Kier alpha value is -6.84. The molecule has 0 saturated heterocycles. The highest BCUT2D eigenvalue weighted by Crippen LogP contribution is 2.63. The lowest BCUT2D eigenvalue weighted by atomic mass is 9.66. The van der Waals surface area contributed by atoms with Gasteiger partial charge in [-0.1, -0.05) is 129 Å². The van der Waals surface area contributed by atoms with Gasteiger partial charge in [0.05, 0.1) is 16.5 Å². The summed E-state index contributed by atoms with van der Waals surface area (Å²) in [5, 5.41) is 2.19. The summed E-state index contributed by atoms with van der Waals surface area (Å²) < 4.78 is 13.5. The van der Waals surface area contributed by atoms with Crippen LogP contribution in [0.4, 0.5) is 17.1 Å². The molecule has 0 N–H and O–H groups in total. The number of benzene rings is 8. The van der Waals surface area contributed by atoms with Gasteiger partial charge in [0.2, 0.25) is 0 Å². The predicted molar refractivity (Wildman–Crippen MR) is 223 cm³/mol. The quantitative estimate of drug-likeness (QED) is 0.183. The first-order chi connectivity index (χ1) is 27.0. The molecule has 9 aromatic rings. The Bertz CT molecular complexity index is 3010. The molecule has 260 valence electrons. The van der Waals surface area contributed by atoms with E-state index in [1.54, 1.807) is 0 Å². The molecular weight excluding hydrogens is 671 g/mol. The zero-order valence-corrected chi connectivity index (χ0v) is 30.5. The summed E-state index contributed by atoms with van der Waals surface area (Å²) in [6, 6.07) is 63.7. The SMILES string of the molecule is CC1(C)c2ccccc2-c2ccc(N(c3ccccc3)c3cccc4oc5cc6c(cc5c34)-c3ccccc3C63c4ccccc4Oc4ccccc43)cc21. The van der Waals surface area contributed by atoms with Gasteiger partial charge in [-0.25, -0.2) is 0 Å². The summed E-state index contributed by atoms with van der Waals surface area (Å²) in [7, 11) is 0. The van der Waals surface area contributed by atoms with Crippen LogP contribution in [0.3, 0.4) is 0 Å². The van der Waals surface area contributed by atoms with E-state index in [1.807, 2.05) is 0 Å². The lowest BCUT2D eigenvalue weighted by molar-refractivity contribution is 0.436. The van der Waals surface area contributed by atoms with Crippen LogP contribution < -0.4 is 9.64 Å². The van der Waals surface area contributed by atoms with Crippen LogP contribution in [0.1, 0.15) is 47.2 Å². The molecule has 1 aromatic heterocycles. The van der Waals surface area contributed by atoms with E-state index in [-0.39, 0.29) is 5.41 Å². The van der Waals surface area contributed by atoms with Crippen LogP contribution in [0.2, 0.25) is 0 Å². The van der Waals surface area contributed by atoms with Gasteiger partial charge >= 0.3 is 0 Å². The van der Waals surface area contributed by atoms with Crippen molar-refractivity contribution >= 4 is 39.0 Å². The Morgan fingerprint density at radius 3 is 1.78 bits per heavy atom. The van der Waals surface area contributed by atoms with Crippen molar-refractivity contribution in [3.63, 3.8) is 0 Å². The second-order valence-electron chi connectivity index (χ2n) is 15.6. The average Bonchev–Trinajstić information content (AvgIpc) is 3.82. The third kappa shape index (κ3) is 3.94. The first-order valence-corrected chi connectivity index (χ1v) is 19.1. The Labute approximate surface area is 319 Å². The molecule has 3 aliphatic rings. The Kier molecular flexibility index (Phi) is 6.05. The van der Waals surface area contributed by atoms with E-state index in [0.29, 0.717) is 0 Å². The van der Waals surface area contributed by atoms with Gasteiger partial charge in [0, 0.05) is 33.3 Å². The van der Waals surface area contributed by atoms with Crippen molar-refractivity contribution in [3.8, 4) is 33.8 Å². The lowest BCUT2D eigenvalue weighted by Gasteiger charge is -2.39. The lowest BCUT2D eigenvalue weighted by Crippen LogP contribution is -2.32. The molecule has 3 heteroatoms. The second-order valence-corrected chi connectivity index (χ2v) is 15.6. The molecule has 55 heavy (non-hydrogen) atoms. The molecule has 0 atom stereocenters. The molecular formula is C52H35NO2. The summed E-state index contributed by atoms with van der Waals surface area (Å²) >= 11 is 0. The van der Waals surface area contributed by atoms with Gasteiger partial charge < -0.3 is 14.1 Å². The molecule has 0 radical (unpaired) electrons. The normalized spacial score (nSPS) is 14.8. The smallest absolute Gasteiger partial charge is 0.137 e. The summed E-state index contributed by atoms with van der Waals surface area (Å²) in [6.45, 7) is 4.69. The van der Waals surface area contributed by atoms with Crippen molar-refractivity contribution in [1.82, 2.24) is 0 Å². The maximum atomic E-state index is 6.94. The van der Waals surface area contributed by atoms with Crippen LogP contribution in [0.5, 0.6) is 11.5 Å². The highest BCUT2D eigenvalue weighted by atomic mass is 16.5. The minimum absolute atomic E-state index is 0.121. The van der Waals surface area contributed by atoms with Gasteiger partial charge in [0.15, 0.2) is 0 Å². The maximum absolute atomic E-state index is 6.94. The van der Waals surface area contributed by atoms with Crippen molar-refractivity contribution in [1.29, 1.82) is 0 Å². The van der Waals surface area contributed by atoms with Crippen molar-refractivity contribution in [2.75, 3.05) is 4.90 Å². The Balaban J connectivity index is 1.13. The number of nitrogens with zero attached hydrogens (tertiary/aromatic N) is 1. The number of ether oxygens (including phenoxy) is 1.